The summed E-state index contributed by atoms with van der Waals surface area (Å²) in [5.41, 5.74) is 8.74. The van der Waals surface area contributed by atoms with Crippen molar-refractivity contribution in [3.05, 3.63) is 47.6 Å². The van der Waals surface area contributed by atoms with Gasteiger partial charge in [-0.1, -0.05) is 76.1 Å². The third kappa shape index (κ3) is 33.5. The number of amides is 1. The number of nitrogens with two attached hydrogens (primary N) is 1. The molecule has 0 aromatic heterocycles. The van der Waals surface area contributed by atoms with Crippen molar-refractivity contribution in [2.45, 2.75) is 188 Å². The van der Waals surface area contributed by atoms with Crippen molar-refractivity contribution in [2.24, 2.45) is 17.6 Å². The summed E-state index contributed by atoms with van der Waals surface area (Å²) in [4.78, 5) is 41.4. The molecule has 15 heteroatoms. The van der Waals surface area contributed by atoms with Crippen molar-refractivity contribution < 1.29 is 65.1 Å². The van der Waals surface area contributed by atoms with Gasteiger partial charge in [0.15, 0.2) is 0 Å². The molecule has 0 aromatic rings. The molecule has 1 aliphatic rings. The van der Waals surface area contributed by atoms with Crippen LogP contribution in [-0.4, -0.2) is 145 Å². The molecule has 8 atom stereocenters. The lowest BCUT2D eigenvalue weighted by atomic mass is 9.91. The predicted octanol–water partition coefficient (Wildman–Crippen LogP) is 5.78. The van der Waals surface area contributed by atoms with Crippen molar-refractivity contribution >= 4 is 17.5 Å². The van der Waals surface area contributed by atoms with E-state index in [1.165, 1.54) is 5.57 Å². The summed E-state index contributed by atoms with van der Waals surface area (Å²) in [6.07, 6.45) is 24.8. The summed E-state index contributed by atoms with van der Waals surface area (Å²) in [5, 5.41) is 22.2. The van der Waals surface area contributed by atoms with Gasteiger partial charge >= 0.3 is 0 Å². The number of nitrogens with zero attached hydrogens (tertiary/aromatic N) is 1. The SMILES string of the molecule is CCCOC(CC)C(=O)C(=O)N1CCCC[C@H]1CO[C@@H](CCC/C=C(\C)[C@@H](N)CC(=O)[C@H](C)CC/C=C/C=C/C=C(\C)[C@H](C)OC)CC[C@H](CC)C[C@H](C)OC.CO.O.O.O.OCCO. The van der Waals surface area contributed by atoms with Gasteiger partial charge in [0.1, 0.15) is 11.9 Å². The Morgan fingerprint density at radius 2 is 1.48 bits per heavy atom. The number of Topliss-reactive ketones (excluding diaryl/α,β-unsaturated/α-hetero) is 2. The number of ether oxygens (including phenoxy) is 4. The molecule has 65 heavy (non-hydrogen) atoms. The molecular weight excluding hydrogens is 837 g/mol. The normalized spacial score (nSPS) is 17.4. The van der Waals surface area contributed by atoms with E-state index in [9.17, 15) is 14.4 Å². The number of methoxy groups -OCH3 is 2. The maximum atomic E-state index is 13.4. The molecule has 1 amide bonds. The standard InChI is InChI=1S/C47H82N2O7.C2H6O2.CH4O.3H2O/c1-11-31-55-45(13-3)46(51)47(52)49-30-22-21-26-41(49)34-56-42(29-28-40(12-2)32-38(7)53-9)27-20-19-24-36(5)43(48)33-44(50)37(6)25-18-16-14-15-17-23-35(4)39(8)54-10;3-1-2-4;1-2;;;/h14-17,23-24,37-43,45H,11-13,18-22,25-34,48H2,1-10H3;3-4H,1-2H2;2H,1H3;3*1H2/b16-14+,17-15+,35-23+,36-24+;;;;;/t37-,38+,39+,40+,41+,42+,43+,45?;;;;;/m1...../s1. The Morgan fingerprint density at radius 1 is 0.815 bits per heavy atom. The number of aliphatic hydroxyl groups is 3. The molecule has 0 aliphatic carbocycles. The molecule has 11 N–H and O–H groups in total. The lowest BCUT2D eigenvalue weighted by Crippen LogP contribution is -2.51. The van der Waals surface area contributed by atoms with Gasteiger partial charge in [0, 0.05) is 52.9 Å². The number of hydrogen-bond acceptors (Lipinski definition) is 11. The Hall–Kier alpha value is -2.67. The molecule has 0 radical (unpaired) electrons. The Balaban J connectivity index is -0.00000126. The first-order valence-electron chi connectivity index (χ1n) is 23.5. The van der Waals surface area contributed by atoms with Crippen LogP contribution in [0.5, 0.6) is 0 Å². The number of allylic oxidation sites excluding steroid dienone is 6. The molecular formula is C50H98N2O13. The quantitative estimate of drug-likeness (QED) is 0.0272. The lowest BCUT2D eigenvalue weighted by molar-refractivity contribution is -0.154. The van der Waals surface area contributed by atoms with Crippen molar-refractivity contribution in [1.29, 1.82) is 0 Å². The number of unbranched alkanes of at least 4 members (excludes halogenated alkanes) is 1. The highest BCUT2D eigenvalue weighted by Gasteiger charge is 2.35. The number of carbonyl (C=O) groups is 3. The summed E-state index contributed by atoms with van der Waals surface area (Å²) < 4.78 is 23.3. The molecule has 1 unspecified atom stereocenters. The zero-order valence-corrected chi connectivity index (χ0v) is 42.4. The van der Waals surface area contributed by atoms with Crippen LogP contribution in [-0.2, 0) is 33.3 Å². The molecule has 1 saturated heterocycles. The average molecular weight is 935 g/mol. The maximum absolute atomic E-state index is 13.4. The number of aliphatic hydroxyl groups excluding tert-OH is 3. The third-order valence-corrected chi connectivity index (χ3v) is 11.7. The molecule has 1 heterocycles. The van der Waals surface area contributed by atoms with Crippen molar-refractivity contribution in [1.82, 2.24) is 4.90 Å². The van der Waals surface area contributed by atoms with Crippen molar-refractivity contribution in [3.8, 4) is 0 Å². The van der Waals surface area contributed by atoms with E-state index in [1.54, 1.807) is 19.1 Å². The largest absolute Gasteiger partial charge is 0.412 e. The van der Waals surface area contributed by atoms with Crippen LogP contribution in [0.25, 0.3) is 0 Å². The van der Waals surface area contributed by atoms with E-state index < -0.39 is 17.8 Å². The number of rotatable bonds is 32. The van der Waals surface area contributed by atoms with E-state index in [0.717, 1.165) is 96.2 Å². The molecule has 0 bridgehead atoms. The van der Waals surface area contributed by atoms with Gasteiger partial charge in [-0.3, -0.25) is 14.4 Å². The third-order valence-electron chi connectivity index (χ3n) is 11.7. The fraction of sp³-hybridized carbons (Fsp3) is 0.780. The first-order chi connectivity index (χ1) is 29.7. The van der Waals surface area contributed by atoms with Gasteiger partial charge in [0.2, 0.25) is 5.78 Å². The highest BCUT2D eigenvalue weighted by molar-refractivity contribution is 6.37. The minimum absolute atomic E-state index is 0. The first kappa shape index (κ1) is 71.3. The summed E-state index contributed by atoms with van der Waals surface area (Å²) in [7, 11) is 4.48. The highest BCUT2D eigenvalue weighted by atomic mass is 16.5. The van der Waals surface area contributed by atoms with Crippen LogP contribution in [0.15, 0.2) is 47.6 Å². The number of likely N-dealkylation sites (tertiary alicyclic amines) is 1. The summed E-state index contributed by atoms with van der Waals surface area (Å²) in [6, 6.07) is -0.401. The summed E-state index contributed by atoms with van der Waals surface area (Å²) in [6.45, 7) is 17.6. The van der Waals surface area contributed by atoms with Crippen LogP contribution in [0.3, 0.4) is 0 Å². The van der Waals surface area contributed by atoms with Crippen LogP contribution >= 0.6 is 0 Å². The zero-order valence-electron chi connectivity index (χ0n) is 42.4. The van der Waals surface area contributed by atoms with Gasteiger partial charge in [-0.2, -0.15) is 0 Å². The average Bonchev–Trinajstić information content (AvgIpc) is 3.29. The van der Waals surface area contributed by atoms with Gasteiger partial charge in [0.05, 0.1) is 44.2 Å². The second kappa shape index (κ2) is 46.4. The van der Waals surface area contributed by atoms with Gasteiger partial charge < -0.3 is 61.3 Å². The lowest BCUT2D eigenvalue weighted by Gasteiger charge is -2.36. The van der Waals surface area contributed by atoms with Crippen LogP contribution in [0.2, 0.25) is 0 Å². The predicted molar refractivity (Wildman–Crippen MR) is 264 cm³/mol. The highest BCUT2D eigenvalue weighted by Crippen LogP contribution is 2.25. The van der Waals surface area contributed by atoms with Crippen LogP contribution in [0, 0.1) is 11.8 Å². The fourth-order valence-electron chi connectivity index (χ4n) is 7.07. The number of ketones is 2. The molecule has 15 nitrogen and oxygen atoms in total. The number of carbonyl (C=O) groups excluding carboxylic acids is 3. The zero-order chi connectivity index (χ0) is 47.3. The Morgan fingerprint density at radius 3 is 2.05 bits per heavy atom. The molecule has 0 aromatic carbocycles. The van der Waals surface area contributed by atoms with Gasteiger partial charge in [-0.05, 0) is 123 Å². The Bertz CT molecular complexity index is 1270. The number of hydrogen-bond donors (Lipinski definition) is 4. The van der Waals surface area contributed by atoms with Crippen LogP contribution in [0.4, 0.5) is 0 Å². The minimum atomic E-state index is -0.686. The van der Waals surface area contributed by atoms with Gasteiger partial charge in [-0.25, -0.2) is 0 Å². The van der Waals surface area contributed by atoms with Crippen molar-refractivity contribution in [3.63, 3.8) is 0 Å². The maximum Gasteiger partial charge on any atom is 0.293 e. The van der Waals surface area contributed by atoms with Crippen LogP contribution in [0.1, 0.15) is 152 Å². The Labute approximate surface area is 394 Å². The van der Waals surface area contributed by atoms with E-state index in [0.29, 0.717) is 38.5 Å². The Kier molecular flexibility index (Phi) is 51.0. The molecule has 1 aliphatic heterocycles. The second-order valence-electron chi connectivity index (χ2n) is 16.6. The molecule has 386 valence electrons. The van der Waals surface area contributed by atoms with E-state index in [2.05, 4.69) is 39.0 Å². The fourth-order valence-corrected chi connectivity index (χ4v) is 7.07. The molecule has 0 saturated carbocycles. The van der Waals surface area contributed by atoms with Gasteiger partial charge in [0.25, 0.3) is 5.91 Å². The smallest absolute Gasteiger partial charge is 0.293 e. The molecule has 0 spiro atoms. The minimum Gasteiger partial charge on any atom is -0.412 e. The van der Waals surface area contributed by atoms with E-state index in [4.69, 9.17) is 40.0 Å². The van der Waals surface area contributed by atoms with Crippen LogP contribution < -0.4 is 5.73 Å². The second-order valence-corrected chi connectivity index (χ2v) is 16.6. The topological polar surface area (TPSA) is 273 Å². The molecule has 1 rings (SSSR count). The van der Waals surface area contributed by atoms with Crippen molar-refractivity contribution in [2.75, 3.05) is 54.3 Å². The summed E-state index contributed by atoms with van der Waals surface area (Å²) >= 11 is 0. The number of piperidine rings is 1. The van der Waals surface area contributed by atoms with E-state index >= 15 is 0 Å². The monoisotopic (exact) mass is 935 g/mol. The van der Waals surface area contributed by atoms with E-state index in [1.807, 2.05) is 52.8 Å². The molecule has 1 fully saturated rings. The summed E-state index contributed by atoms with van der Waals surface area (Å²) in [5.74, 6) is -0.157. The van der Waals surface area contributed by atoms with Gasteiger partial charge in [-0.15, -0.1) is 0 Å². The first-order valence-corrected chi connectivity index (χ1v) is 23.5. The van der Waals surface area contributed by atoms with E-state index in [-0.39, 0.29) is 71.7 Å².